The van der Waals surface area contributed by atoms with Crippen molar-refractivity contribution < 1.29 is 4.79 Å². The molecule has 0 aliphatic rings. The Balaban J connectivity index is 2.63. The van der Waals surface area contributed by atoms with E-state index in [0.717, 1.165) is 6.42 Å². The minimum Gasteiger partial charge on any atom is -0.397 e. The van der Waals surface area contributed by atoms with Gasteiger partial charge in [0.1, 0.15) is 0 Å². The number of benzene rings is 1. The fraction of sp³-hybridized carbons (Fsp3) is 0.417. The highest BCUT2D eigenvalue weighted by Crippen LogP contribution is 2.22. The number of hydrogen-bond acceptors (Lipinski definition) is 2. The molecule has 88 valence electrons. The Kier molecular flexibility index (Phi) is 4.62. The lowest BCUT2D eigenvalue weighted by molar-refractivity contribution is 0.0953. The molecule has 16 heavy (non-hydrogen) atoms. The molecule has 1 rings (SSSR count). The standard InChI is InChI=1S/C12H17ClN2O/c1-8(2)6-7-15-12(16)9-4-3-5-10(13)11(9)14/h3-5,8H,6-7,14H2,1-2H3,(H,15,16). The normalized spacial score (nSPS) is 10.5. The van der Waals surface area contributed by atoms with Crippen molar-refractivity contribution >= 4 is 23.2 Å². The molecule has 3 nitrogen and oxygen atoms in total. The van der Waals surface area contributed by atoms with Crippen LogP contribution in [0.4, 0.5) is 5.69 Å². The molecule has 1 aromatic carbocycles. The van der Waals surface area contributed by atoms with Gasteiger partial charge < -0.3 is 11.1 Å². The molecule has 0 bridgehead atoms. The van der Waals surface area contributed by atoms with E-state index in [1.54, 1.807) is 18.2 Å². The minimum atomic E-state index is -0.166. The zero-order valence-corrected chi connectivity index (χ0v) is 10.3. The van der Waals surface area contributed by atoms with Gasteiger partial charge in [0.25, 0.3) is 5.91 Å². The van der Waals surface area contributed by atoms with Crippen LogP contribution in [0.3, 0.4) is 0 Å². The second kappa shape index (κ2) is 5.75. The number of carbonyl (C=O) groups excluding carboxylic acids is 1. The van der Waals surface area contributed by atoms with E-state index >= 15 is 0 Å². The highest BCUT2D eigenvalue weighted by Gasteiger charge is 2.10. The summed E-state index contributed by atoms with van der Waals surface area (Å²) in [5.41, 5.74) is 6.50. The second-order valence-electron chi connectivity index (χ2n) is 4.14. The van der Waals surface area contributed by atoms with Crippen LogP contribution in [0.25, 0.3) is 0 Å². The number of nitrogens with two attached hydrogens (primary N) is 1. The van der Waals surface area contributed by atoms with Gasteiger partial charge >= 0.3 is 0 Å². The first-order valence-corrected chi connectivity index (χ1v) is 5.72. The summed E-state index contributed by atoms with van der Waals surface area (Å²) in [7, 11) is 0. The first kappa shape index (κ1) is 12.8. The van der Waals surface area contributed by atoms with Crippen LogP contribution >= 0.6 is 11.6 Å². The van der Waals surface area contributed by atoms with Crippen molar-refractivity contribution in [1.82, 2.24) is 5.32 Å². The summed E-state index contributed by atoms with van der Waals surface area (Å²) in [6, 6.07) is 5.06. The monoisotopic (exact) mass is 240 g/mol. The van der Waals surface area contributed by atoms with Crippen LogP contribution < -0.4 is 11.1 Å². The highest BCUT2D eigenvalue weighted by atomic mass is 35.5. The van der Waals surface area contributed by atoms with Crippen molar-refractivity contribution in [1.29, 1.82) is 0 Å². The Morgan fingerprint density at radius 1 is 1.50 bits per heavy atom. The molecule has 1 amide bonds. The average Bonchev–Trinajstić information content (AvgIpc) is 2.21. The molecule has 0 atom stereocenters. The third-order valence-electron chi connectivity index (χ3n) is 2.30. The smallest absolute Gasteiger partial charge is 0.253 e. The van der Waals surface area contributed by atoms with Crippen molar-refractivity contribution in [3.05, 3.63) is 28.8 Å². The number of anilines is 1. The van der Waals surface area contributed by atoms with Crippen molar-refractivity contribution in [3.63, 3.8) is 0 Å². The van der Waals surface area contributed by atoms with Crippen LogP contribution in [0.5, 0.6) is 0 Å². The number of amides is 1. The van der Waals surface area contributed by atoms with Gasteiger partial charge in [0.05, 0.1) is 16.3 Å². The Morgan fingerprint density at radius 3 is 2.81 bits per heavy atom. The van der Waals surface area contributed by atoms with E-state index in [1.165, 1.54) is 0 Å². The molecular weight excluding hydrogens is 224 g/mol. The first-order valence-electron chi connectivity index (χ1n) is 5.34. The molecule has 0 radical (unpaired) electrons. The maximum absolute atomic E-state index is 11.7. The third-order valence-corrected chi connectivity index (χ3v) is 2.63. The van der Waals surface area contributed by atoms with Crippen LogP contribution in [0.1, 0.15) is 30.6 Å². The SMILES string of the molecule is CC(C)CCNC(=O)c1cccc(Cl)c1N. The Hall–Kier alpha value is -1.22. The average molecular weight is 241 g/mol. The van der Waals surface area contributed by atoms with Gasteiger partial charge in [-0.2, -0.15) is 0 Å². The summed E-state index contributed by atoms with van der Waals surface area (Å²) < 4.78 is 0. The summed E-state index contributed by atoms with van der Waals surface area (Å²) in [5, 5.41) is 3.23. The van der Waals surface area contributed by atoms with E-state index in [2.05, 4.69) is 19.2 Å². The molecule has 0 saturated carbocycles. The van der Waals surface area contributed by atoms with E-state index in [4.69, 9.17) is 17.3 Å². The molecule has 0 unspecified atom stereocenters. The van der Waals surface area contributed by atoms with Gasteiger partial charge in [-0.15, -0.1) is 0 Å². The minimum absolute atomic E-state index is 0.166. The van der Waals surface area contributed by atoms with Gasteiger partial charge in [0, 0.05) is 6.54 Å². The predicted octanol–water partition coefficient (Wildman–Crippen LogP) is 2.70. The molecule has 0 fully saturated rings. The lowest BCUT2D eigenvalue weighted by atomic mass is 10.1. The van der Waals surface area contributed by atoms with E-state index in [-0.39, 0.29) is 5.91 Å². The predicted molar refractivity (Wildman–Crippen MR) is 67.7 cm³/mol. The molecule has 0 aliphatic heterocycles. The van der Waals surface area contributed by atoms with Gasteiger partial charge in [0.2, 0.25) is 0 Å². The maximum Gasteiger partial charge on any atom is 0.253 e. The summed E-state index contributed by atoms with van der Waals surface area (Å²) >= 11 is 5.84. The molecule has 1 aromatic rings. The van der Waals surface area contributed by atoms with E-state index < -0.39 is 0 Å². The fourth-order valence-corrected chi connectivity index (χ4v) is 1.48. The number of halogens is 1. The number of rotatable bonds is 4. The number of para-hydroxylation sites is 1. The van der Waals surface area contributed by atoms with Crippen molar-refractivity contribution in [2.45, 2.75) is 20.3 Å². The first-order chi connectivity index (χ1) is 7.52. The number of carbonyl (C=O) groups is 1. The zero-order chi connectivity index (χ0) is 12.1. The maximum atomic E-state index is 11.7. The van der Waals surface area contributed by atoms with Crippen LogP contribution in [-0.4, -0.2) is 12.5 Å². The van der Waals surface area contributed by atoms with Crippen LogP contribution in [-0.2, 0) is 0 Å². The van der Waals surface area contributed by atoms with Gasteiger partial charge in [0.15, 0.2) is 0 Å². The summed E-state index contributed by atoms with van der Waals surface area (Å²) in [4.78, 5) is 11.7. The molecule has 4 heteroatoms. The van der Waals surface area contributed by atoms with Gasteiger partial charge in [-0.25, -0.2) is 0 Å². The number of hydrogen-bond donors (Lipinski definition) is 2. The summed E-state index contributed by atoms with van der Waals surface area (Å²) in [6.07, 6.45) is 0.951. The Morgan fingerprint density at radius 2 is 2.19 bits per heavy atom. The van der Waals surface area contributed by atoms with E-state index in [9.17, 15) is 4.79 Å². The molecule has 0 aliphatic carbocycles. The molecule has 0 aromatic heterocycles. The lowest BCUT2D eigenvalue weighted by Crippen LogP contribution is -2.26. The Bertz CT molecular complexity index is 377. The molecule has 0 heterocycles. The summed E-state index contributed by atoms with van der Waals surface area (Å²) in [6.45, 7) is 4.88. The third kappa shape index (κ3) is 3.42. The largest absolute Gasteiger partial charge is 0.397 e. The van der Waals surface area contributed by atoms with Crippen LogP contribution in [0, 0.1) is 5.92 Å². The molecule has 0 spiro atoms. The fourth-order valence-electron chi connectivity index (χ4n) is 1.30. The lowest BCUT2D eigenvalue weighted by Gasteiger charge is -2.09. The van der Waals surface area contributed by atoms with Crippen molar-refractivity contribution in [3.8, 4) is 0 Å². The van der Waals surface area contributed by atoms with Gasteiger partial charge in [-0.1, -0.05) is 31.5 Å². The quantitative estimate of drug-likeness (QED) is 0.795. The molecular formula is C12H17ClN2O. The molecule has 0 saturated heterocycles. The number of nitrogen functional groups attached to an aromatic ring is 1. The zero-order valence-electron chi connectivity index (χ0n) is 9.59. The van der Waals surface area contributed by atoms with Crippen LogP contribution in [0.15, 0.2) is 18.2 Å². The Labute approximate surface area is 101 Å². The highest BCUT2D eigenvalue weighted by molar-refractivity contribution is 6.33. The number of nitrogens with one attached hydrogen (secondary N) is 1. The van der Waals surface area contributed by atoms with Gasteiger partial charge in [-0.3, -0.25) is 4.79 Å². The van der Waals surface area contributed by atoms with Crippen LogP contribution in [0.2, 0.25) is 5.02 Å². The van der Waals surface area contributed by atoms with Crippen molar-refractivity contribution in [2.24, 2.45) is 5.92 Å². The second-order valence-corrected chi connectivity index (χ2v) is 4.55. The topological polar surface area (TPSA) is 55.1 Å². The van der Waals surface area contributed by atoms with E-state index in [0.29, 0.717) is 28.7 Å². The van der Waals surface area contributed by atoms with E-state index in [1.807, 2.05) is 0 Å². The molecule has 3 N–H and O–H groups in total. The summed E-state index contributed by atoms with van der Waals surface area (Å²) in [5.74, 6) is 0.401. The van der Waals surface area contributed by atoms with Crippen molar-refractivity contribution in [2.75, 3.05) is 12.3 Å². The van der Waals surface area contributed by atoms with Gasteiger partial charge in [-0.05, 0) is 24.5 Å².